The first-order valence-corrected chi connectivity index (χ1v) is 5.03. The molecule has 1 rings (SSSR count). The van der Waals surface area contributed by atoms with Gasteiger partial charge in [-0.05, 0) is 12.6 Å². The van der Waals surface area contributed by atoms with Crippen molar-refractivity contribution >= 4 is 34.3 Å². The Labute approximate surface area is 103 Å². The summed E-state index contributed by atoms with van der Waals surface area (Å²) in [4.78, 5) is 10.9. The van der Waals surface area contributed by atoms with Crippen LogP contribution in [0, 0.1) is 0 Å². The molecule has 0 aromatic heterocycles. The lowest BCUT2D eigenvalue weighted by molar-refractivity contribution is -0.140. The quantitative estimate of drug-likeness (QED) is 0.660. The zero-order chi connectivity index (χ0) is 10.6. The molecule has 2 N–H and O–H groups in total. The molecule has 0 spiro atoms. The first-order chi connectivity index (χ1) is 6.58. The molecule has 0 aliphatic heterocycles. The molecule has 0 fully saturated rings. The number of aliphatic carboxylic acids is 1. The first kappa shape index (κ1) is 14.4. The molecule has 1 atom stereocenters. The average molecular weight is 295 g/mol. The highest BCUT2D eigenvalue weighted by molar-refractivity contribution is 9.10. The van der Waals surface area contributed by atoms with E-state index in [9.17, 15) is 4.79 Å². The topological polar surface area (TPSA) is 49.3 Å². The number of carboxylic acids is 1. The minimum atomic E-state index is -1.08. The van der Waals surface area contributed by atoms with Crippen molar-refractivity contribution in [3.63, 3.8) is 0 Å². The molecule has 0 amide bonds. The molecular formula is C10H13BrClNO2. The maximum Gasteiger partial charge on any atom is 0.335 e. The van der Waals surface area contributed by atoms with Gasteiger partial charge in [0.1, 0.15) is 0 Å². The fourth-order valence-corrected chi connectivity index (χ4v) is 1.47. The van der Waals surface area contributed by atoms with E-state index in [1.165, 1.54) is 0 Å². The van der Waals surface area contributed by atoms with E-state index in [2.05, 4.69) is 21.2 Å². The van der Waals surface area contributed by atoms with Crippen molar-refractivity contribution in [1.29, 1.82) is 0 Å². The molecule has 84 valence electrons. The summed E-state index contributed by atoms with van der Waals surface area (Å²) in [5.74, 6) is -0.913. The van der Waals surface area contributed by atoms with Gasteiger partial charge in [-0.3, -0.25) is 5.32 Å². The Morgan fingerprint density at radius 2 is 2.00 bits per heavy atom. The van der Waals surface area contributed by atoms with Gasteiger partial charge in [0.15, 0.2) is 4.45 Å². The van der Waals surface area contributed by atoms with E-state index in [-0.39, 0.29) is 12.4 Å². The second-order valence-electron chi connectivity index (χ2n) is 3.02. The molecule has 1 aromatic rings. The van der Waals surface area contributed by atoms with Crippen LogP contribution in [0.15, 0.2) is 30.3 Å². The van der Waals surface area contributed by atoms with Crippen molar-refractivity contribution in [3.8, 4) is 0 Å². The van der Waals surface area contributed by atoms with Crippen LogP contribution in [0.5, 0.6) is 0 Å². The molecule has 3 nitrogen and oxygen atoms in total. The Morgan fingerprint density at radius 3 is 2.40 bits per heavy atom. The van der Waals surface area contributed by atoms with Crippen molar-refractivity contribution in [2.24, 2.45) is 0 Å². The predicted molar refractivity (Wildman–Crippen MR) is 65.7 cm³/mol. The molecule has 5 heteroatoms. The van der Waals surface area contributed by atoms with Gasteiger partial charge in [0.2, 0.25) is 0 Å². The molecule has 1 aromatic carbocycles. The number of halogens is 2. The molecule has 1 unspecified atom stereocenters. The molecule has 0 aliphatic rings. The number of rotatable bonds is 4. The highest BCUT2D eigenvalue weighted by Crippen LogP contribution is 2.20. The summed E-state index contributed by atoms with van der Waals surface area (Å²) in [6, 6.07) is 9.48. The lowest BCUT2D eigenvalue weighted by atomic mass is 10.1. The Bertz CT molecular complexity index is 320. The van der Waals surface area contributed by atoms with Crippen LogP contribution < -0.4 is 5.32 Å². The van der Waals surface area contributed by atoms with E-state index in [4.69, 9.17) is 5.11 Å². The fraction of sp³-hybridized carbons (Fsp3) is 0.300. The first-order valence-electron chi connectivity index (χ1n) is 4.23. The summed E-state index contributed by atoms with van der Waals surface area (Å²) >= 11 is 3.17. The maximum atomic E-state index is 10.9. The number of alkyl halides is 1. The van der Waals surface area contributed by atoms with E-state index in [1.54, 1.807) is 7.05 Å². The standard InChI is InChI=1S/C10H12BrNO2.ClH/c1-12-10(11,9(13)14)7-8-5-3-2-4-6-8;/h2-6,12H,7H2,1H3,(H,13,14);1H. The third kappa shape index (κ3) is 3.81. The lowest BCUT2D eigenvalue weighted by Crippen LogP contribution is -2.46. The lowest BCUT2D eigenvalue weighted by Gasteiger charge is -2.21. The molecule has 0 heterocycles. The molecule has 0 saturated carbocycles. The van der Waals surface area contributed by atoms with Crippen LogP contribution >= 0.6 is 28.3 Å². The second kappa shape index (κ2) is 6.10. The third-order valence-electron chi connectivity index (χ3n) is 2.03. The van der Waals surface area contributed by atoms with Crippen LogP contribution in [-0.2, 0) is 11.2 Å². The predicted octanol–water partition coefficient (Wildman–Crippen LogP) is 2.05. The molecule has 0 aliphatic carbocycles. The smallest absolute Gasteiger partial charge is 0.335 e. The Kier molecular flexibility index (Phi) is 5.87. The number of hydrogen-bond donors (Lipinski definition) is 2. The summed E-state index contributed by atoms with van der Waals surface area (Å²) in [5, 5.41) is 11.7. The third-order valence-corrected chi connectivity index (χ3v) is 3.04. The minimum absolute atomic E-state index is 0. The van der Waals surface area contributed by atoms with E-state index in [0.717, 1.165) is 5.56 Å². The van der Waals surface area contributed by atoms with Crippen LogP contribution in [0.2, 0.25) is 0 Å². The zero-order valence-electron chi connectivity index (χ0n) is 8.24. The van der Waals surface area contributed by atoms with Crippen molar-refractivity contribution in [1.82, 2.24) is 5.32 Å². The van der Waals surface area contributed by atoms with Crippen LogP contribution in [-0.4, -0.2) is 22.6 Å². The van der Waals surface area contributed by atoms with Gasteiger partial charge in [-0.25, -0.2) is 4.79 Å². The van der Waals surface area contributed by atoms with Gasteiger partial charge < -0.3 is 5.11 Å². The monoisotopic (exact) mass is 293 g/mol. The van der Waals surface area contributed by atoms with Crippen molar-refractivity contribution in [2.75, 3.05) is 7.05 Å². The van der Waals surface area contributed by atoms with Gasteiger partial charge in [0.05, 0.1) is 0 Å². The minimum Gasteiger partial charge on any atom is -0.479 e. The number of carbonyl (C=O) groups is 1. The van der Waals surface area contributed by atoms with E-state index in [1.807, 2.05) is 30.3 Å². The van der Waals surface area contributed by atoms with E-state index >= 15 is 0 Å². The van der Waals surface area contributed by atoms with Crippen LogP contribution in [0.1, 0.15) is 5.56 Å². The largest absolute Gasteiger partial charge is 0.479 e. The Morgan fingerprint density at radius 1 is 1.47 bits per heavy atom. The number of likely N-dealkylation sites (N-methyl/N-ethyl adjacent to an activating group) is 1. The molecule has 0 radical (unpaired) electrons. The van der Waals surface area contributed by atoms with Crippen LogP contribution in [0.3, 0.4) is 0 Å². The average Bonchev–Trinajstić information content (AvgIpc) is 2.19. The number of benzene rings is 1. The summed E-state index contributed by atoms with van der Waals surface area (Å²) in [6.07, 6.45) is 0.402. The SMILES string of the molecule is CNC(Br)(Cc1ccccc1)C(=O)O.Cl. The second-order valence-corrected chi connectivity index (χ2v) is 4.37. The Balaban J connectivity index is 0.00000196. The van der Waals surface area contributed by atoms with E-state index < -0.39 is 10.4 Å². The molecule has 0 saturated heterocycles. The summed E-state index contributed by atoms with van der Waals surface area (Å²) < 4.78 is -1.08. The molecule has 0 bridgehead atoms. The number of hydrogen-bond acceptors (Lipinski definition) is 2. The van der Waals surface area contributed by atoms with Gasteiger partial charge >= 0.3 is 5.97 Å². The van der Waals surface area contributed by atoms with Crippen molar-refractivity contribution in [3.05, 3.63) is 35.9 Å². The summed E-state index contributed by atoms with van der Waals surface area (Å²) in [6.45, 7) is 0. The highest BCUT2D eigenvalue weighted by atomic mass is 79.9. The maximum absolute atomic E-state index is 10.9. The molecule has 15 heavy (non-hydrogen) atoms. The number of nitrogens with one attached hydrogen (secondary N) is 1. The Hall–Kier alpha value is -0.580. The van der Waals surface area contributed by atoms with Crippen LogP contribution in [0.25, 0.3) is 0 Å². The van der Waals surface area contributed by atoms with E-state index in [0.29, 0.717) is 6.42 Å². The fourth-order valence-electron chi connectivity index (χ4n) is 1.15. The van der Waals surface area contributed by atoms with Crippen molar-refractivity contribution in [2.45, 2.75) is 10.9 Å². The summed E-state index contributed by atoms with van der Waals surface area (Å²) in [5.41, 5.74) is 0.973. The highest BCUT2D eigenvalue weighted by Gasteiger charge is 2.33. The van der Waals surface area contributed by atoms with Crippen LogP contribution in [0.4, 0.5) is 0 Å². The number of carboxylic acid groups (broad SMARTS) is 1. The van der Waals surface area contributed by atoms with Gasteiger partial charge in [-0.1, -0.05) is 46.3 Å². The molecular weight excluding hydrogens is 281 g/mol. The van der Waals surface area contributed by atoms with Gasteiger partial charge in [0.25, 0.3) is 0 Å². The van der Waals surface area contributed by atoms with Gasteiger partial charge in [0, 0.05) is 6.42 Å². The van der Waals surface area contributed by atoms with Gasteiger partial charge in [-0.15, -0.1) is 12.4 Å². The van der Waals surface area contributed by atoms with Gasteiger partial charge in [-0.2, -0.15) is 0 Å². The summed E-state index contributed by atoms with van der Waals surface area (Å²) in [7, 11) is 1.62. The van der Waals surface area contributed by atoms with Crippen molar-refractivity contribution < 1.29 is 9.90 Å². The zero-order valence-corrected chi connectivity index (χ0v) is 10.6. The normalized spacial score (nSPS) is 13.7.